The highest BCUT2D eigenvalue weighted by Crippen LogP contribution is 2.63. The molecule has 0 amide bonds. The van der Waals surface area contributed by atoms with Crippen molar-refractivity contribution in [2.45, 2.75) is 74.8 Å². The van der Waals surface area contributed by atoms with Gasteiger partial charge >= 0.3 is 35.9 Å². The van der Waals surface area contributed by atoms with Crippen LogP contribution in [0.5, 0.6) is 0 Å². The molecule has 2 saturated heterocycles. The van der Waals surface area contributed by atoms with Crippen LogP contribution in [0.2, 0.25) is 0 Å². The van der Waals surface area contributed by atoms with Crippen LogP contribution in [0.4, 0.5) is 52.7 Å². The maximum absolute atomic E-state index is 12.9. The van der Waals surface area contributed by atoms with Crippen LogP contribution in [-0.4, -0.2) is 47.1 Å². The molecule has 0 bridgehead atoms. The van der Waals surface area contributed by atoms with Gasteiger partial charge in [-0.25, -0.2) is 8.78 Å². The summed E-state index contributed by atoms with van der Waals surface area (Å²) in [6.07, 6.45) is -11.9. The molecule has 2 fully saturated rings. The van der Waals surface area contributed by atoms with Crippen molar-refractivity contribution in [1.29, 1.82) is 0 Å². The standard InChI is InChI=1S/2C6H6F6O/c2*1-3(2)5(9,13-3)4(7,8)6(10,11)12/h2*1-2H3. The average molecular weight is 416 g/mol. The van der Waals surface area contributed by atoms with Crippen LogP contribution in [0, 0.1) is 0 Å². The Morgan fingerprint density at radius 2 is 0.654 bits per heavy atom. The highest BCUT2D eigenvalue weighted by molar-refractivity contribution is 5.14. The number of halogens is 12. The number of hydrogen-bond acceptors (Lipinski definition) is 2. The Balaban J connectivity index is 0.000000260. The van der Waals surface area contributed by atoms with Gasteiger partial charge in [0.15, 0.2) is 0 Å². The van der Waals surface area contributed by atoms with E-state index in [9.17, 15) is 52.7 Å². The first-order valence-electron chi connectivity index (χ1n) is 6.58. The summed E-state index contributed by atoms with van der Waals surface area (Å²) in [5, 5.41) is 0. The van der Waals surface area contributed by atoms with Crippen LogP contribution >= 0.6 is 0 Å². The number of hydrogen-bond donors (Lipinski definition) is 0. The Bertz CT molecular complexity index is 514. The van der Waals surface area contributed by atoms with E-state index in [0.717, 1.165) is 27.7 Å². The average Bonchev–Trinajstić information content (AvgIpc) is 3.07. The van der Waals surface area contributed by atoms with Gasteiger partial charge in [0, 0.05) is 0 Å². The zero-order valence-electron chi connectivity index (χ0n) is 13.4. The number of rotatable bonds is 2. The van der Waals surface area contributed by atoms with Crippen LogP contribution in [0.1, 0.15) is 27.7 Å². The number of ether oxygens (including phenoxy) is 2. The summed E-state index contributed by atoms with van der Waals surface area (Å²) in [7, 11) is 0. The maximum Gasteiger partial charge on any atom is 0.459 e. The summed E-state index contributed by atoms with van der Waals surface area (Å²) in [5.41, 5.74) is -4.18. The first-order valence-corrected chi connectivity index (χ1v) is 6.58. The molecule has 0 aromatic heterocycles. The van der Waals surface area contributed by atoms with Crippen molar-refractivity contribution in [3.8, 4) is 0 Å². The summed E-state index contributed by atoms with van der Waals surface area (Å²) in [6.45, 7) is 3.30. The Morgan fingerprint density at radius 1 is 0.500 bits per heavy atom. The van der Waals surface area contributed by atoms with E-state index in [2.05, 4.69) is 9.47 Å². The molecule has 0 aromatic carbocycles. The molecule has 156 valence electrons. The van der Waals surface area contributed by atoms with E-state index in [-0.39, 0.29) is 0 Å². The molecule has 2 aliphatic heterocycles. The molecule has 2 rings (SSSR count). The molecule has 0 radical (unpaired) electrons. The normalized spacial score (nSPS) is 33.2. The van der Waals surface area contributed by atoms with Gasteiger partial charge in [-0.15, -0.1) is 0 Å². The molecule has 0 spiro atoms. The zero-order chi connectivity index (χ0) is 21.4. The lowest BCUT2D eigenvalue weighted by atomic mass is 10.0. The van der Waals surface area contributed by atoms with Crippen molar-refractivity contribution >= 4 is 0 Å². The second-order valence-electron chi connectivity index (χ2n) is 6.56. The lowest BCUT2D eigenvalue weighted by molar-refractivity contribution is -0.325. The van der Waals surface area contributed by atoms with Crippen molar-refractivity contribution in [2.24, 2.45) is 0 Å². The summed E-state index contributed by atoms with van der Waals surface area (Å²) in [4.78, 5) is 0. The highest BCUT2D eigenvalue weighted by atomic mass is 19.4. The van der Waals surface area contributed by atoms with E-state index >= 15 is 0 Å². The molecule has 0 aromatic rings. The molecule has 2 nitrogen and oxygen atoms in total. The topological polar surface area (TPSA) is 25.1 Å². The van der Waals surface area contributed by atoms with Gasteiger partial charge in [-0.05, 0) is 27.7 Å². The molecule has 2 heterocycles. The summed E-state index contributed by atoms with van der Waals surface area (Å²) >= 11 is 0. The minimum Gasteiger partial charge on any atom is -0.326 e. The van der Waals surface area contributed by atoms with E-state index in [4.69, 9.17) is 0 Å². The Morgan fingerprint density at radius 3 is 0.692 bits per heavy atom. The first kappa shape index (κ1) is 23.1. The molecule has 2 aliphatic rings. The van der Waals surface area contributed by atoms with Crippen molar-refractivity contribution < 1.29 is 62.2 Å². The van der Waals surface area contributed by atoms with Crippen molar-refractivity contribution in [1.82, 2.24) is 0 Å². The molecule has 0 N–H and O–H groups in total. The predicted molar refractivity (Wildman–Crippen MR) is 60.0 cm³/mol. The third kappa shape index (κ3) is 3.02. The lowest BCUT2D eigenvalue weighted by Gasteiger charge is -2.21. The second-order valence-corrected chi connectivity index (χ2v) is 6.56. The maximum atomic E-state index is 12.9. The molecule has 2 unspecified atom stereocenters. The SMILES string of the molecule is CC1(C)OC1(F)C(F)(F)C(F)(F)F.CC1(C)OC1(F)C(F)(F)C(F)(F)F. The molecule has 14 heteroatoms. The largest absolute Gasteiger partial charge is 0.459 e. The summed E-state index contributed by atoms with van der Waals surface area (Å²) in [6, 6.07) is 0. The predicted octanol–water partition coefficient (Wildman–Crippen LogP) is 5.32. The Labute approximate surface area is 138 Å². The van der Waals surface area contributed by atoms with Gasteiger partial charge in [0.1, 0.15) is 11.2 Å². The van der Waals surface area contributed by atoms with Gasteiger partial charge in [0.2, 0.25) is 0 Å². The summed E-state index contributed by atoms with van der Waals surface area (Å²) < 4.78 is 153. The fourth-order valence-electron chi connectivity index (χ4n) is 1.90. The van der Waals surface area contributed by atoms with Crippen LogP contribution in [0.15, 0.2) is 0 Å². The Kier molecular flexibility index (Phi) is 4.74. The third-order valence-electron chi connectivity index (χ3n) is 3.78. The van der Waals surface area contributed by atoms with E-state index in [1.54, 1.807) is 0 Å². The molecule has 0 saturated carbocycles. The van der Waals surface area contributed by atoms with Crippen LogP contribution in [0.25, 0.3) is 0 Å². The fourth-order valence-corrected chi connectivity index (χ4v) is 1.90. The van der Waals surface area contributed by atoms with Crippen molar-refractivity contribution in [3.63, 3.8) is 0 Å². The minimum absolute atomic E-state index is 0.826. The second kappa shape index (κ2) is 5.32. The molecule has 0 aliphatic carbocycles. The van der Waals surface area contributed by atoms with Crippen molar-refractivity contribution in [2.75, 3.05) is 0 Å². The van der Waals surface area contributed by atoms with Gasteiger partial charge < -0.3 is 9.47 Å². The van der Waals surface area contributed by atoms with Crippen molar-refractivity contribution in [3.05, 3.63) is 0 Å². The first-order chi connectivity index (χ1) is 10.9. The van der Waals surface area contributed by atoms with Gasteiger partial charge in [0.05, 0.1) is 0 Å². The van der Waals surface area contributed by atoms with E-state index in [1.165, 1.54) is 0 Å². The molecular weight excluding hydrogens is 404 g/mol. The molecule has 26 heavy (non-hydrogen) atoms. The van der Waals surface area contributed by atoms with E-state index in [1.807, 2.05) is 0 Å². The summed E-state index contributed by atoms with van der Waals surface area (Å²) in [5.74, 6) is -18.8. The smallest absolute Gasteiger partial charge is 0.326 e. The quantitative estimate of drug-likeness (QED) is 0.450. The van der Waals surface area contributed by atoms with Gasteiger partial charge in [-0.3, -0.25) is 0 Å². The van der Waals surface area contributed by atoms with Gasteiger partial charge in [-0.1, -0.05) is 0 Å². The third-order valence-corrected chi connectivity index (χ3v) is 3.78. The number of alkyl halides is 12. The fraction of sp³-hybridized carbons (Fsp3) is 1.00. The number of epoxide rings is 2. The Hall–Kier alpha value is -0.920. The highest BCUT2D eigenvalue weighted by Gasteiger charge is 2.88. The monoisotopic (exact) mass is 416 g/mol. The zero-order valence-corrected chi connectivity index (χ0v) is 13.4. The molecular formula is C12H12F12O2. The van der Waals surface area contributed by atoms with Gasteiger partial charge in [-0.2, -0.15) is 43.9 Å². The van der Waals surface area contributed by atoms with E-state index in [0.29, 0.717) is 0 Å². The van der Waals surface area contributed by atoms with Gasteiger partial charge in [0.25, 0.3) is 0 Å². The van der Waals surface area contributed by atoms with E-state index < -0.39 is 47.1 Å². The van der Waals surface area contributed by atoms with Crippen LogP contribution < -0.4 is 0 Å². The lowest BCUT2D eigenvalue weighted by Crippen LogP contribution is -2.50. The van der Waals surface area contributed by atoms with Crippen LogP contribution in [-0.2, 0) is 9.47 Å². The molecule has 2 atom stereocenters. The minimum atomic E-state index is -5.94. The van der Waals surface area contributed by atoms with Crippen LogP contribution in [0.3, 0.4) is 0 Å².